The molecule has 22 heavy (non-hydrogen) atoms. The van der Waals surface area contributed by atoms with Gasteiger partial charge in [-0.2, -0.15) is 0 Å². The van der Waals surface area contributed by atoms with E-state index in [-0.39, 0.29) is 17.3 Å². The molecule has 0 heterocycles. The Morgan fingerprint density at radius 3 is 2.32 bits per heavy atom. The Morgan fingerprint density at radius 1 is 1.32 bits per heavy atom. The van der Waals surface area contributed by atoms with E-state index in [4.69, 9.17) is 0 Å². The molecule has 0 bridgehead atoms. The fraction of sp³-hybridized carbons (Fsp3) is 0.462. The third kappa shape index (κ3) is 6.44. The highest BCUT2D eigenvalue weighted by atomic mass is 32.2. The van der Waals surface area contributed by atoms with Crippen molar-refractivity contribution in [2.75, 3.05) is 12.0 Å². The van der Waals surface area contributed by atoms with E-state index < -0.39 is 26.1 Å². The van der Waals surface area contributed by atoms with E-state index in [0.717, 1.165) is 11.2 Å². The minimum absolute atomic E-state index is 0.0109. The third-order valence-corrected chi connectivity index (χ3v) is 4.89. The predicted octanol–water partition coefficient (Wildman–Crippen LogP) is 1.62. The summed E-state index contributed by atoms with van der Waals surface area (Å²) in [4.78, 5) is 22.8. The Kier molecular flexibility index (Phi) is 6.36. The number of nitrogens with zero attached hydrogens (tertiary/aromatic N) is 1. The molecule has 0 spiro atoms. The van der Waals surface area contributed by atoms with Gasteiger partial charge in [0.15, 0.2) is 0 Å². The maximum atomic E-state index is 12.0. The maximum Gasteiger partial charge on any atom is 0.269 e. The van der Waals surface area contributed by atoms with Crippen LogP contribution in [0.5, 0.6) is 0 Å². The highest BCUT2D eigenvalue weighted by Gasteiger charge is 2.19. The molecule has 2 atom stereocenters. The van der Waals surface area contributed by atoms with Gasteiger partial charge in [-0.05, 0) is 26.0 Å². The van der Waals surface area contributed by atoms with Crippen molar-refractivity contribution < 1.29 is 18.1 Å². The number of carbonyl (C=O) groups excluding carboxylic acids is 1. The summed E-state index contributed by atoms with van der Waals surface area (Å²) in [7, 11) is -3.15. The van der Waals surface area contributed by atoms with Gasteiger partial charge in [-0.3, -0.25) is 14.9 Å². The Bertz CT molecular complexity index is 643. The molecule has 1 aromatic carbocycles. The van der Waals surface area contributed by atoms with Gasteiger partial charge in [-0.25, -0.2) is 8.42 Å². The summed E-state index contributed by atoms with van der Waals surface area (Å²) in [6.45, 7) is 3.32. The molecule has 0 aromatic heterocycles. The Balaban J connectivity index is 2.58. The molecular weight excluding hydrogens is 328 g/mol. The van der Waals surface area contributed by atoms with Crippen LogP contribution in [0, 0.1) is 10.1 Å². The molecule has 0 aliphatic rings. The normalized spacial score (nSPS) is 14.1. The van der Waals surface area contributed by atoms with Crippen LogP contribution in [-0.2, 0) is 14.6 Å². The van der Waals surface area contributed by atoms with Crippen molar-refractivity contribution in [1.82, 2.24) is 5.32 Å². The topological polar surface area (TPSA) is 106 Å². The molecule has 0 saturated carbocycles. The van der Waals surface area contributed by atoms with E-state index in [9.17, 15) is 23.3 Å². The largest absolute Gasteiger partial charge is 0.352 e. The summed E-state index contributed by atoms with van der Waals surface area (Å²) in [5.41, 5.74) is -0.0109. The summed E-state index contributed by atoms with van der Waals surface area (Å²) in [5.74, 6) is -0.396. The van der Waals surface area contributed by atoms with Crippen LogP contribution in [0.25, 0.3) is 0 Å². The zero-order valence-electron chi connectivity index (χ0n) is 12.5. The number of hydrogen-bond donors (Lipinski definition) is 1. The SMILES string of the molecule is C[C@H](CS(C)(=O)=O)NC(=O)[C@@H](C)Sc1ccc([N+](=O)[O-])cc1. The van der Waals surface area contributed by atoms with Gasteiger partial charge in [-0.1, -0.05) is 0 Å². The molecular formula is C13H18N2O5S2. The molecule has 1 aromatic rings. The van der Waals surface area contributed by atoms with Crippen LogP contribution in [0.4, 0.5) is 5.69 Å². The molecule has 0 radical (unpaired) electrons. The highest BCUT2D eigenvalue weighted by Crippen LogP contribution is 2.25. The van der Waals surface area contributed by atoms with Crippen molar-refractivity contribution in [3.05, 3.63) is 34.4 Å². The summed E-state index contributed by atoms with van der Waals surface area (Å²) < 4.78 is 22.3. The Hall–Kier alpha value is -1.61. The number of rotatable bonds is 7. The van der Waals surface area contributed by atoms with Crippen LogP contribution in [0.2, 0.25) is 0 Å². The third-order valence-electron chi connectivity index (χ3n) is 2.67. The van der Waals surface area contributed by atoms with Crippen molar-refractivity contribution in [3.8, 4) is 0 Å². The molecule has 1 amide bonds. The van der Waals surface area contributed by atoms with Crippen LogP contribution < -0.4 is 5.32 Å². The number of nitro benzene ring substituents is 1. The number of nitrogens with one attached hydrogen (secondary N) is 1. The van der Waals surface area contributed by atoms with Crippen LogP contribution in [-0.4, -0.2) is 42.5 Å². The lowest BCUT2D eigenvalue weighted by atomic mass is 10.3. The summed E-state index contributed by atoms with van der Waals surface area (Å²) >= 11 is 1.25. The standard InChI is InChI=1S/C13H18N2O5S2/c1-9(8-22(3,19)20)14-13(16)10(2)21-12-6-4-11(5-7-12)15(17)18/h4-7,9-10H,8H2,1-3H3,(H,14,16)/t9-,10-/m1/s1. The van der Waals surface area contributed by atoms with Crippen molar-refractivity contribution in [2.45, 2.75) is 30.0 Å². The second kappa shape index (κ2) is 7.59. The van der Waals surface area contributed by atoms with Crippen LogP contribution in [0.3, 0.4) is 0 Å². The van der Waals surface area contributed by atoms with Gasteiger partial charge in [0.05, 0.1) is 15.9 Å². The molecule has 0 saturated heterocycles. The number of sulfone groups is 1. The van der Waals surface area contributed by atoms with E-state index in [2.05, 4.69) is 5.32 Å². The Morgan fingerprint density at radius 2 is 1.86 bits per heavy atom. The van der Waals surface area contributed by atoms with Gasteiger partial charge in [0, 0.05) is 29.3 Å². The van der Waals surface area contributed by atoms with Crippen LogP contribution in [0.1, 0.15) is 13.8 Å². The molecule has 7 nitrogen and oxygen atoms in total. The summed E-state index contributed by atoms with van der Waals surface area (Å²) in [6.07, 6.45) is 1.12. The number of benzene rings is 1. The van der Waals surface area contributed by atoms with E-state index in [1.165, 1.54) is 23.9 Å². The molecule has 0 unspecified atom stereocenters. The van der Waals surface area contributed by atoms with E-state index in [1.807, 2.05) is 0 Å². The van der Waals surface area contributed by atoms with E-state index in [0.29, 0.717) is 0 Å². The first kappa shape index (κ1) is 18.4. The van der Waals surface area contributed by atoms with E-state index >= 15 is 0 Å². The smallest absolute Gasteiger partial charge is 0.269 e. The monoisotopic (exact) mass is 346 g/mol. The van der Waals surface area contributed by atoms with Gasteiger partial charge in [0.25, 0.3) is 5.69 Å². The van der Waals surface area contributed by atoms with Crippen molar-refractivity contribution in [3.63, 3.8) is 0 Å². The fourth-order valence-corrected chi connectivity index (χ4v) is 3.63. The summed E-state index contributed by atoms with van der Waals surface area (Å²) in [6, 6.07) is 5.43. The number of nitro groups is 1. The van der Waals surface area contributed by atoms with Gasteiger partial charge < -0.3 is 5.32 Å². The molecule has 1 N–H and O–H groups in total. The lowest BCUT2D eigenvalue weighted by Gasteiger charge is -2.16. The lowest BCUT2D eigenvalue weighted by Crippen LogP contribution is -2.41. The molecule has 9 heteroatoms. The molecule has 0 aliphatic heterocycles. The van der Waals surface area contributed by atoms with Crippen molar-refractivity contribution >= 4 is 33.2 Å². The molecule has 0 aliphatic carbocycles. The van der Waals surface area contributed by atoms with Gasteiger partial charge >= 0.3 is 0 Å². The first-order chi connectivity index (χ1) is 10.1. The van der Waals surface area contributed by atoms with Gasteiger partial charge in [0.1, 0.15) is 9.84 Å². The lowest BCUT2D eigenvalue weighted by molar-refractivity contribution is -0.384. The average Bonchev–Trinajstić information content (AvgIpc) is 2.36. The molecule has 1 rings (SSSR count). The number of amides is 1. The second-order valence-corrected chi connectivity index (χ2v) is 8.61. The van der Waals surface area contributed by atoms with Gasteiger partial charge in [0.2, 0.25) is 5.91 Å². The highest BCUT2D eigenvalue weighted by molar-refractivity contribution is 8.00. The number of thioether (sulfide) groups is 1. The molecule has 122 valence electrons. The first-order valence-corrected chi connectivity index (χ1v) is 9.41. The van der Waals surface area contributed by atoms with Crippen molar-refractivity contribution in [2.24, 2.45) is 0 Å². The maximum absolute atomic E-state index is 12.0. The number of non-ortho nitro benzene ring substituents is 1. The van der Waals surface area contributed by atoms with Crippen LogP contribution >= 0.6 is 11.8 Å². The van der Waals surface area contributed by atoms with Crippen molar-refractivity contribution in [1.29, 1.82) is 0 Å². The number of carbonyl (C=O) groups is 1. The Labute approximate surface area is 133 Å². The predicted molar refractivity (Wildman–Crippen MR) is 85.7 cm³/mol. The summed E-state index contributed by atoms with van der Waals surface area (Å²) in [5, 5.41) is 12.8. The minimum Gasteiger partial charge on any atom is -0.352 e. The van der Waals surface area contributed by atoms with E-state index in [1.54, 1.807) is 26.0 Å². The second-order valence-electron chi connectivity index (χ2n) is 5.01. The zero-order chi connectivity index (χ0) is 16.9. The molecule has 0 fully saturated rings. The minimum atomic E-state index is -3.15. The number of hydrogen-bond acceptors (Lipinski definition) is 6. The fourth-order valence-electron chi connectivity index (χ4n) is 1.76. The van der Waals surface area contributed by atoms with Gasteiger partial charge in [-0.15, -0.1) is 11.8 Å². The zero-order valence-corrected chi connectivity index (χ0v) is 14.1. The first-order valence-electron chi connectivity index (χ1n) is 6.47. The van der Waals surface area contributed by atoms with Crippen LogP contribution in [0.15, 0.2) is 29.2 Å². The average molecular weight is 346 g/mol. The quantitative estimate of drug-likeness (QED) is 0.457.